The monoisotopic (exact) mass is 220 g/mol. The van der Waals surface area contributed by atoms with Gasteiger partial charge >= 0.3 is 0 Å². The number of nitrogens with two attached hydrogens (primary N) is 1. The summed E-state index contributed by atoms with van der Waals surface area (Å²) in [5, 5.41) is 12.9. The van der Waals surface area contributed by atoms with Gasteiger partial charge in [0.15, 0.2) is 0 Å². The lowest BCUT2D eigenvalue weighted by atomic mass is 9.99. The molecule has 2 rings (SSSR count). The molecule has 4 N–H and O–H groups in total. The van der Waals surface area contributed by atoms with Gasteiger partial charge in [-0.3, -0.25) is 4.79 Å². The van der Waals surface area contributed by atoms with E-state index in [0.717, 1.165) is 18.4 Å². The van der Waals surface area contributed by atoms with Crippen LogP contribution in [-0.4, -0.2) is 23.2 Å². The number of nitrogens with one attached hydrogen (secondary N) is 1. The van der Waals surface area contributed by atoms with E-state index in [-0.39, 0.29) is 18.5 Å². The van der Waals surface area contributed by atoms with Gasteiger partial charge in [-0.15, -0.1) is 0 Å². The second-order valence-electron chi connectivity index (χ2n) is 4.22. The van der Waals surface area contributed by atoms with Gasteiger partial charge in [0, 0.05) is 0 Å². The van der Waals surface area contributed by atoms with Crippen LogP contribution in [0.2, 0.25) is 0 Å². The molecule has 0 saturated heterocycles. The molecular weight excluding hydrogens is 204 g/mol. The molecule has 1 aromatic carbocycles. The Bertz CT molecular complexity index is 374. The van der Waals surface area contributed by atoms with Crippen molar-refractivity contribution in [2.45, 2.75) is 24.5 Å². The number of carbonyl (C=O) groups excluding carboxylic acids is 1. The molecule has 1 atom stereocenters. The topological polar surface area (TPSA) is 75.4 Å². The maximum Gasteiger partial charge on any atom is 0.234 e. The number of rotatable bonds is 4. The number of carbonyl (C=O) groups is 1. The van der Waals surface area contributed by atoms with E-state index in [1.165, 1.54) is 0 Å². The first-order valence-corrected chi connectivity index (χ1v) is 5.42. The lowest BCUT2D eigenvalue weighted by molar-refractivity contribution is -0.121. The minimum atomic E-state index is -0.786. The Morgan fingerprint density at radius 2 is 2.06 bits per heavy atom. The average molecular weight is 220 g/mol. The fourth-order valence-electron chi connectivity index (χ4n) is 1.81. The zero-order valence-electron chi connectivity index (χ0n) is 9.02. The Morgan fingerprint density at radius 1 is 1.44 bits per heavy atom. The zero-order chi connectivity index (χ0) is 11.6. The molecule has 86 valence electrons. The van der Waals surface area contributed by atoms with E-state index in [1.54, 1.807) is 0 Å². The fourth-order valence-corrected chi connectivity index (χ4v) is 1.81. The number of hydrogen-bond donors (Lipinski definition) is 3. The molecule has 1 aliphatic rings. The highest BCUT2D eigenvalue weighted by Gasteiger charge is 2.48. The highest BCUT2D eigenvalue weighted by atomic mass is 16.3. The fraction of sp³-hybridized carbons (Fsp3) is 0.417. The van der Waals surface area contributed by atoms with E-state index >= 15 is 0 Å². The van der Waals surface area contributed by atoms with E-state index < -0.39 is 5.60 Å². The molecular formula is C12H16N2O2. The van der Waals surface area contributed by atoms with E-state index in [4.69, 9.17) is 5.73 Å². The van der Waals surface area contributed by atoms with Gasteiger partial charge < -0.3 is 16.2 Å². The third-order valence-electron chi connectivity index (χ3n) is 2.92. The Labute approximate surface area is 94.5 Å². The molecule has 0 radical (unpaired) electrons. The summed E-state index contributed by atoms with van der Waals surface area (Å²) in [5.41, 5.74) is 5.40. The lowest BCUT2D eigenvalue weighted by Gasteiger charge is -2.24. The Morgan fingerprint density at radius 3 is 2.56 bits per heavy atom. The van der Waals surface area contributed by atoms with Gasteiger partial charge in [0.05, 0.1) is 18.2 Å². The molecule has 0 aliphatic heterocycles. The van der Waals surface area contributed by atoms with E-state index in [1.807, 2.05) is 30.3 Å². The molecule has 1 fully saturated rings. The van der Waals surface area contributed by atoms with Crippen LogP contribution in [0.4, 0.5) is 0 Å². The first kappa shape index (κ1) is 11.1. The minimum absolute atomic E-state index is 0.0561. The van der Waals surface area contributed by atoms with Gasteiger partial charge in [0.2, 0.25) is 5.91 Å². The standard InChI is InChI=1S/C12H16N2O2/c13-8-10(15)14-11(12(16)6-7-12)9-4-2-1-3-5-9/h1-5,11,16H,6-8,13H2,(H,14,15). The van der Waals surface area contributed by atoms with Crippen molar-refractivity contribution in [3.8, 4) is 0 Å². The van der Waals surface area contributed by atoms with Crippen LogP contribution >= 0.6 is 0 Å². The summed E-state index contributed by atoms with van der Waals surface area (Å²) >= 11 is 0. The molecule has 1 unspecified atom stereocenters. The average Bonchev–Trinajstić information content (AvgIpc) is 3.06. The largest absolute Gasteiger partial charge is 0.387 e. The number of amides is 1. The quantitative estimate of drug-likeness (QED) is 0.684. The molecule has 1 saturated carbocycles. The van der Waals surface area contributed by atoms with Gasteiger partial charge in [-0.25, -0.2) is 0 Å². The second-order valence-corrected chi connectivity index (χ2v) is 4.22. The third kappa shape index (κ3) is 2.23. The Balaban J connectivity index is 2.19. The van der Waals surface area contributed by atoms with Crippen molar-refractivity contribution in [3.05, 3.63) is 35.9 Å². The van der Waals surface area contributed by atoms with Crippen molar-refractivity contribution in [1.29, 1.82) is 0 Å². The van der Waals surface area contributed by atoms with Gasteiger partial charge in [0.1, 0.15) is 0 Å². The first-order valence-electron chi connectivity index (χ1n) is 5.42. The SMILES string of the molecule is NCC(=O)NC(c1ccccc1)C1(O)CC1. The summed E-state index contributed by atoms with van der Waals surface area (Å²) in [4.78, 5) is 11.3. The molecule has 0 aromatic heterocycles. The predicted octanol–water partition coefficient (Wildman–Crippen LogP) is 0.327. The van der Waals surface area contributed by atoms with Crippen LogP contribution in [0.15, 0.2) is 30.3 Å². The van der Waals surface area contributed by atoms with Crippen molar-refractivity contribution < 1.29 is 9.90 Å². The van der Waals surface area contributed by atoms with E-state index in [0.29, 0.717) is 0 Å². The maximum atomic E-state index is 11.3. The second kappa shape index (κ2) is 4.23. The molecule has 0 bridgehead atoms. The van der Waals surface area contributed by atoms with E-state index in [9.17, 15) is 9.90 Å². The predicted molar refractivity (Wildman–Crippen MR) is 60.6 cm³/mol. The summed E-state index contributed by atoms with van der Waals surface area (Å²) in [6, 6.07) is 9.15. The zero-order valence-corrected chi connectivity index (χ0v) is 9.02. The summed E-state index contributed by atoms with van der Waals surface area (Å²) in [6.07, 6.45) is 1.44. The Hall–Kier alpha value is -1.39. The molecule has 0 spiro atoms. The molecule has 4 nitrogen and oxygen atoms in total. The normalized spacial score (nSPS) is 18.9. The first-order chi connectivity index (χ1) is 7.65. The summed E-state index contributed by atoms with van der Waals surface area (Å²) in [6.45, 7) is -0.0561. The van der Waals surface area contributed by atoms with Crippen LogP contribution in [0.25, 0.3) is 0 Å². The van der Waals surface area contributed by atoms with E-state index in [2.05, 4.69) is 5.32 Å². The molecule has 1 aromatic rings. The molecule has 16 heavy (non-hydrogen) atoms. The van der Waals surface area contributed by atoms with Crippen molar-refractivity contribution in [1.82, 2.24) is 5.32 Å². The van der Waals surface area contributed by atoms with Crippen LogP contribution in [0, 0.1) is 0 Å². The van der Waals surface area contributed by atoms with Crippen LogP contribution in [-0.2, 0) is 4.79 Å². The summed E-state index contributed by atoms with van der Waals surface area (Å²) in [7, 11) is 0. The lowest BCUT2D eigenvalue weighted by Crippen LogP contribution is -2.40. The highest BCUT2D eigenvalue weighted by molar-refractivity contribution is 5.78. The van der Waals surface area contributed by atoms with Crippen LogP contribution in [0.5, 0.6) is 0 Å². The minimum Gasteiger partial charge on any atom is -0.387 e. The summed E-state index contributed by atoms with van der Waals surface area (Å²) < 4.78 is 0. The van der Waals surface area contributed by atoms with Gasteiger partial charge in [-0.2, -0.15) is 0 Å². The Kier molecular flexibility index (Phi) is 2.94. The van der Waals surface area contributed by atoms with Crippen LogP contribution < -0.4 is 11.1 Å². The number of hydrogen-bond acceptors (Lipinski definition) is 3. The van der Waals surface area contributed by atoms with Gasteiger partial charge in [-0.05, 0) is 18.4 Å². The molecule has 4 heteroatoms. The van der Waals surface area contributed by atoms with Gasteiger partial charge in [-0.1, -0.05) is 30.3 Å². The van der Waals surface area contributed by atoms with Crippen molar-refractivity contribution >= 4 is 5.91 Å². The van der Waals surface area contributed by atoms with Crippen LogP contribution in [0.3, 0.4) is 0 Å². The summed E-state index contributed by atoms with van der Waals surface area (Å²) in [5.74, 6) is -0.242. The maximum absolute atomic E-state index is 11.3. The van der Waals surface area contributed by atoms with Crippen molar-refractivity contribution in [2.24, 2.45) is 5.73 Å². The molecule has 1 amide bonds. The third-order valence-corrected chi connectivity index (χ3v) is 2.92. The van der Waals surface area contributed by atoms with Crippen molar-refractivity contribution in [2.75, 3.05) is 6.54 Å². The van der Waals surface area contributed by atoms with Crippen LogP contribution in [0.1, 0.15) is 24.4 Å². The smallest absolute Gasteiger partial charge is 0.234 e. The molecule has 1 aliphatic carbocycles. The van der Waals surface area contributed by atoms with Crippen molar-refractivity contribution in [3.63, 3.8) is 0 Å². The molecule has 0 heterocycles. The highest BCUT2D eigenvalue weighted by Crippen LogP contribution is 2.45. The number of aliphatic hydroxyl groups is 1. The number of benzene rings is 1. The van der Waals surface area contributed by atoms with Gasteiger partial charge in [0.25, 0.3) is 0 Å².